The molecule has 0 radical (unpaired) electrons. The molecule has 0 N–H and O–H groups in total. The first kappa shape index (κ1) is 15.9. The molecule has 0 aromatic heterocycles. The first-order chi connectivity index (χ1) is 11.0. The molecule has 0 amide bonds. The summed E-state index contributed by atoms with van der Waals surface area (Å²) in [4.78, 5) is 24.4. The van der Waals surface area contributed by atoms with Crippen molar-refractivity contribution in [3.63, 3.8) is 0 Å². The van der Waals surface area contributed by atoms with Crippen LogP contribution in [0.3, 0.4) is 0 Å². The van der Waals surface area contributed by atoms with E-state index in [1.54, 1.807) is 0 Å². The minimum absolute atomic E-state index is 0.0343. The van der Waals surface area contributed by atoms with E-state index < -0.39 is 0 Å². The molecule has 0 aliphatic heterocycles. The van der Waals surface area contributed by atoms with Crippen molar-refractivity contribution in [2.24, 2.45) is 28.6 Å². The van der Waals surface area contributed by atoms with Crippen molar-refractivity contribution in [2.75, 3.05) is 12.0 Å². The van der Waals surface area contributed by atoms with Crippen LogP contribution in [0, 0.1) is 28.6 Å². The fraction of sp³-hybridized carbons (Fsp3) is 0.800. The highest BCUT2D eigenvalue weighted by molar-refractivity contribution is 7.98. The Morgan fingerprint density at radius 2 is 1.91 bits per heavy atom. The molecule has 4 aliphatic carbocycles. The lowest BCUT2D eigenvalue weighted by Crippen LogP contribution is -2.52. The second-order valence-corrected chi connectivity index (χ2v) is 9.42. The molecular formula is C20H28O2S. The third-order valence-corrected chi connectivity index (χ3v) is 8.60. The molecule has 3 saturated carbocycles. The summed E-state index contributed by atoms with van der Waals surface area (Å²) < 4.78 is 0. The highest BCUT2D eigenvalue weighted by Gasteiger charge is 2.59. The molecule has 3 fully saturated rings. The van der Waals surface area contributed by atoms with E-state index in [-0.39, 0.29) is 10.8 Å². The molecule has 4 rings (SSSR count). The Bertz CT molecular complexity index is 580. The third-order valence-electron chi connectivity index (χ3n) is 7.80. The van der Waals surface area contributed by atoms with Crippen molar-refractivity contribution in [3.05, 3.63) is 11.6 Å². The monoisotopic (exact) mass is 332 g/mol. The standard InChI is InChI=1S/C20H28O2S/c1-19-9-8-17-15(16(19)5-6-18(19)22)4-3-13-11-14(21)7-10-20(13,17)12-23-2/h11,15-17H,3-10,12H2,1-2H3/t15-,16-,17-,19-,20+/m0/s1. The quantitative estimate of drug-likeness (QED) is 0.750. The van der Waals surface area contributed by atoms with Crippen molar-refractivity contribution in [3.8, 4) is 0 Å². The Morgan fingerprint density at radius 3 is 2.70 bits per heavy atom. The van der Waals surface area contributed by atoms with Crippen LogP contribution in [0.15, 0.2) is 11.6 Å². The second kappa shape index (κ2) is 5.47. The van der Waals surface area contributed by atoms with Gasteiger partial charge < -0.3 is 0 Å². The van der Waals surface area contributed by atoms with E-state index in [9.17, 15) is 9.59 Å². The van der Waals surface area contributed by atoms with Gasteiger partial charge in [0.05, 0.1) is 0 Å². The van der Waals surface area contributed by atoms with Crippen LogP contribution in [-0.4, -0.2) is 23.6 Å². The van der Waals surface area contributed by atoms with Gasteiger partial charge in [-0.15, -0.1) is 0 Å². The molecule has 126 valence electrons. The summed E-state index contributed by atoms with van der Waals surface area (Å²) in [5.41, 5.74) is 1.67. The minimum Gasteiger partial charge on any atom is -0.299 e. The predicted molar refractivity (Wildman–Crippen MR) is 94.4 cm³/mol. The first-order valence-corrected chi connectivity index (χ1v) is 10.7. The average Bonchev–Trinajstić information content (AvgIpc) is 2.84. The van der Waals surface area contributed by atoms with Crippen molar-refractivity contribution >= 4 is 23.3 Å². The van der Waals surface area contributed by atoms with Crippen molar-refractivity contribution in [2.45, 2.75) is 58.3 Å². The van der Waals surface area contributed by atoms with E-state index in [0.717, 1.165) is 44.3 Å². The normalized spacial score (nSPS) is 46.0. The Balaban J connectivity index is 1.72. The zero-order valence-electron chi connectivity index (χ0n) is 14.4. The van der Waals surface area contributed by atoms with Crippen LogP contribution in [0.2, 0.25) is 0 Å². The SMILES string of the molecule is CSC[C@]12CCC(=O)C=C1CC[C@@H]1[C@@H]2CC[C@]2(C)C(=O)CC[C@@H]12. The van der Waals surface area contributed by atoms with E-state index >= 15 is 0 Å². The smallest absolute Gasteiger partial charge is 0.155 e. The number of rotatable bonds is 2. The largest absolute Gasteiger partial charge is 0.299 e. The number of Topliss-reactive ketones (excluding diaryl/α,β-unsaturated/α-hetero) is 1. The Morgan fingerprint density at radius 1 is 1.09 bits per heavy atom. The van der Waals surface area contributed by atoms with E-state index in [4.69, 9.17) is 0 Å². The van der Waals surface area contributed by atoms with Gasteiger partial charge >= 0.3 is 0 Å². The summed E-state index contributed by atoms with van der Waals surface area (Å²) in [5.74, 6) is 4.04. The van der Waals surface area contributed by atoms with Crippen molar-refractivity contribution < 1.29 is 9.59 Å². The van der Waals surface area contributed by atoms with Gasteiger partial charge in [0.25, 0.3) is 0 Å². The lowest BCUT2D eigenvalue weighted by molar-refractivity contribution is -0.132. The summed E-state index contributed by atoms with van der Waals surface area (Å²) in [7, 11) is 0. The molecule has 5 atom stereocenters. The maximum atomic E-state index is 12.5. The van der Waals surface area contributed by atoms with E-state index in [2.05, 4.69) is 13.2 Å². The lowest BCUT2D eigenvalue weighted by Gasteiger charge is -2.58. The van der Waals surface area contributed by atoms with Gasteiger partial charge in [0.2, 0.25) is 0 Å². The van der Waals surface area contributed by atoms with Gasteiger partial charge in [0.15, 0.2) is 5.78 Å². The molecule has 0 bridgehead atoms. The average molecular weight is 333 g/mol. The van der Waals surface area contributed by atoms with Gasteiger partial charge in [-0.05, 0) is 68.6 Å². The number of carbonyl (C=O) groups is 2. The molecule has 3 heteroatoms. The van der Waals surface area contributed by atoms with Crippen LogP contribution in [0.25, 0.3) is 0 Å². The molecule has 0 aromatic rings. The Labute approximate surface area is 143 Å². The fourth-order valence-electron chi connectivity index (χ4n) is 6.66. The summed E-state index contributed by atoms with van der Waals surface area (Å²) >= 11 is 1.95. The summed E-state index contributed by atoms with van der Waals surface area (Å²) in [5, 5.41) is 0. The molecule has 2 nitrogen and oxygen atoms in total. The molecular weight excluding hydrogens is 304 g/mol. The number of hydrogen-bond acceptors (Lipinski definition) is 3. The molecule has 4 aliphatic rings. The highest BCUT2D eigenvalue weighted by atomic mass is 32.2. The molecule has 0 spiro atoms. The number of thioether (sulfide) groups is 1. The molecule has 0 aromatic carbocycles. The zero-order valence-corrected chi connectivity index (χ0v) is 15.2. The zero-order chi connectivity index (χ0) is 16.2. The number of ketones is 2. The number of fused-ring (bicyclic) bond motifs is 5. The van der Waals surface area contributed by atoms with Crippen LogP contribution in [0.1, 0.15) is 58.3 Å². The topological polar surface area (TPSA) is 34.1 Å². The van der Waals surface area contributed by atoms with Crippen LogP contribution in [0.5, 0.6) is 0 Å². The van der Waals surface area contributed by atoms with Crippen LogP contribution >= 0.6 is 11.8 Å². The van der Waals surface area contributed by atoms with Gasteiger partial charge in [-0.1, -0.05) is 12.5 Å². The second-order valence-electron chi connectivity index (χ2n) is 8.56. The predicted octanol–water partition coefficient (Wildman–Crippen LogP) is 4.43. The van der Waals surface area contributed by atoms with E-state index in [1.165, 1.54) is 18.4 Å². The van der Waals surface area contributed by atoms with Crippen molar-refractivity contribution in [1.29, 1.82) is 0 Å². The summed E-state index contributed by atoms with van der Waals surface area (Å²) in [6.07, 6.45) is 12.5. The summed E-state index contributed by atoms with van der Waals surface area (Å²) in [6.45, 7) is 2.25. The van der Waals surface area contributed by atoms with E-state index in [1.807, 2.05) is 17.8 Å². The highest BCUT2D eigenvalue weighted by Crippen LogP contribution is 2.64. The molecule has 0 unspecified atom stereocenters. The van der Waals surface area contributed by atoms with E-state index in [0.29, 0.717) is 29.3 Å². The Hall–Kier alpha value is -0.570. The molecule has 23 heavy (non-hydrogen) atoms. The van der Waals surface area contributed by atoms with Crippen molar-refractivity contribution in [1.82, 2.24) is 0 Å². The number of carbonyl (C=O) groups excluding carboxylic acids is 2. The first-order valence-electron chi connectivity index (χ1n) is 9.27. The number of allylic oxidation sites excluding steroid dienone is 1. The molecule has 0 heterocycles. The van der Waals surface area contributed by atoms with Crippen LogP contribution in [-0.2, 0) is 9.59 Å². The summed E-state index contributed by atoms with van der Waals surface area (Å²) in [6, 6.07) is 0. The van der Waals surface area contributed by atoms with Crippen LogP contribution in [0.4, 0.5) is 0 Å². The fourth-order valence-corrected chi connectivity index (χ4v) is 7.72. The molecule has 0 saturated heterocycles. The minimum atomic E-state index is -0.0343. The van der Waals surface area contributed by atoms with Gasteiger partial charge in [-0.3, -0.25) is 9.59 Å². The maximum Gasteiger partial charge on any atom is 0.155 e. The van der Waals surface area contributed by atoms with Crippen LogP contribution < -0.4 is 0 Å². The maximum absolute atomic E-state index is 12.5. The van der Waals surface area contributed by atoms with Gasteiger partial charge in [0, 0.05) is 29.4 Å². The lowest BCUT2D eigenvalue weighted by atomic mass is 9.47. The van der Waals surface area contributed by atoms with Gasteiger partial charge in [-0.25, -0.2) is 0 Å². The third kappa shape index (κ3) is 2.14. The van der Waals surface area contributed by atoms with Gasteiger partial charge in [-0.2, -0.15) is 11.8 Å². The van der Waals surface area contributed by atoms with Gasteiger partial charge in [0.1, 0.15) is 5.78 Å². The number of hydrogen-bond donors (Lipinski definition) is 0. The Kier molecular flexibility index (Phi) is 3.79.